The van der Waals surface area contributed by atoms with Crippen LogP contribution in [0.2, 0.25) is 0 Å². The molecular weight excluding hydrogens is 276 g/mol. The van der Waals surface area contributed by atoms with E-state index in [1.54, 1.807) is 0 Å². The summed E-state index contributed by atoms with van der Waals surface area (Å²) in [5, 5.41) is 6.48. The summed E-state index contributed by atoms with van der Waals surface area (Å²) < 4.78 is 0. The smallest absolute Gasteiger partial charge is 0.221 e. The van der Waals surface area contributed by atoms with Crippen LogP contribution in [0.1, 0.15) is 52.4 Å². The van der Waals surface area contributed by atoms with E-state index in [9.17, 15) is 4.79 Å². The lowest BCUT2D eigenvalue weighted by Crippen LogP contribution is -2.49. The molecule has 5 heteroatoms. The summed E-state index contributed by atoms with van der Waals surface area (Å²) in [6, 6.07) is 0.413. The minimum Gasteiger partial charge on any atom is -0.356 e. The number of nitrogens with one attached hydrogen (secondary N) is 2. The molecule has 1 amide bonds. The van der Waals surface area contributed by atoms with Gasteiger partial charge in [-0.3, -0.25) is 9.79 Å². The predicted octanol–water partition coefficient (Wildman–Crippen LogP) is 1.99. The topological polar surface area (TPSA) is 56.7 Å². The average molecular weight is 308 g/mol. The van der Waals surface area contributed by atoms with Crippen LogP contribution in [0.15, 0.2) is 4.99 Å². The van der Waals surface area contributed by atoms with Crippen LogP contribution in [0, 0.1) is 11.8 Å². The fourth-order valence-corrected chi connectivity index (χ4v) is 3.83. The highest BCUT2D eigenvalue weighted by Crippen LogP contribution is 2.21. The summed E-state index contributed by atoms with van der Waals surface area (Å²) >= 11 is 0. The first-order valence-corrected chi connectivity index (χ1v) is 8.83. The Balaban J connectivity index is 1.70. The summed E-state index contributed by atoms with van der Waals surface area (Å²) in [6.45, 7) is 7.36. The van der Waals surface area contributed by atoms with Crippen LogP contribution >= 0.6 is 0 Å². The Morgan fingerprint density at radius 3 is 2.41 bits per heavy atom. The van der Waals surface area contributed by atoms with Crippen LogP contribution in [0.3, 0.4) is 0 Å². The van der Waals surface area contributed by atoms with Crippen molar-refractivity contribution >= 4 is 11.9 Å². The minimum atomic E-state index is 0.162. The fourth-order valence-electron chi connectivity index (χ4n) is 3.83. The monoisotopic (exact) mass is 308 g/mol. The van der Waals surface area contributed by atoms with Gasteiger partial charge in [-0.05, 0) is 31.1 Å². The van der Waals surface area contributed by atoms with E-state index in [1.807, 2.05) is 7.05 Å². The van der Waals surface area contributed by atoms with E-state index in [0.29, 0.717) is 30.8 Å². The Morgan fingerprint density at radius 2 is 1.82 bits per heavy atom. The minimum absolute atomic E-state index is 0.162. The van der Waals surface area contributed by atoms with Crippen LogP contribution in [0.25, 0.3) is 0 Å². The largest absolute Gasteiger partial charge is 0.356 e. The van der Waals surface area contributed by atoms with Gasteiger partial charge >= 0.3 is 0 Å². The number of hydrogen-bond donors (Lipinski definition) is 2. The lowest BCUT2D eigenvalue weighted by molar-refractivity contribution is -0.121. The van der Waals surface area contributed by atoms with E-state index in [4.69, 9.17) is 0 Å². The summed E-state index contributed by atoms with van der Waals surface area (Å²) in [4.78, 5) is 18.7. The zero-order valence-corrected chi connectivity index (χ0v) is 14.4. The van der Waals surface area contributed by atoms with E-state index < -0.39 is 0 Å². The molecule has 0 aromatic carbocycles. The number of rotatable bonds is 4. The number of hydrogen-bond acceptors (Lipinski definition) is 2. The zero-order valence-electron chi connectivity index (χ0n) is 14.4. The van der Waals surface area contributed by atoms with E-state index in [1.165, 1.54) is 19.3 Å². The molecule has 2 atom stereocenters. The van der Waals surface area contributed by atoms with E-state index in [2.05, 4.69) is 34.4 Å². The standard InChI is InChI=1S/C17H32N4O/c1-13-10-14(2)12-21(11-13)17(18-3)19-9-8-16(22)20-15-6-4-5-7-15/h13-15H,4-12H2,1-3H3,(H,18,19)(H,20,22). The Labute approximate surface area is 134 Å². The normalized spacial score (nSPS) is 27.0. The molecule has 2 aliphatic rings. The second kappa shape index (κ2) is 8.39. The molecule has 0 aromatic heterocycles. The Bertz CT molecular complexity index is 380. The first-order chi connectivity index (χ1) is 10.6. The van der Waals surface area contributed by atoms with Crippen molar-refractivity contribution in [3.8, 4) is 0 Å². The number of piperidine rings is 1. The maximum absolute atomic E-state index is 11.9. The summed E-state index contributed by atoms with van der Waals surface area (Å²) in [5.41, 5.74) is 0. The van der Waals surface area contributed by atoms with Crippen molar-refractivity contribution in [3.05, 3.63) is 0 Å². The van der Waals surface area contributed by atoms with Gasteiger partial charge in [0, 0.05) is 39.1 Å². The summed E-state index contributed by atoms with van der Waals surface area (Å²) in [7, 11) is 1.82. The number of amides is 1. The van der Waals surface area contributed by atoms with Gasteiger partial charge in [0.1, 0.15) is 0 Å². The number of carbonyl (C=O) groups is 1. The third-order valence-electron chi connectivity index (χ3n) is 4.74. The molecule has 1 aliphatic heterocycles. The molecule has 5 nitrogen and oxygen atoms in total. The molecule has 0 radical (unpaired) electrons. The predicted molar refractivity (Wildman–Crippen MR) is 90.9 cm³/mol. The number of aliphatic imine (C=N–C) groups is 1. The molecule has 2 unspecified atom stereocenters. The van der Waals surface area contributed by atoms with Crippen molar-refractivity contribution in [1.29, 1.82) is 0 Å². The van der Waals surface area contributed by atoms with Gasteiger partial charge in [-0.2, -0.15) is 0 Å². The molecule has 2 rings (SSSR count). The molecule has 0 aromatic rings. The third kappa shape index (κ3) is 5.18. The van der Waals surface area contributed by atoms with Gasteiger partial charge in [-0.25, -0.2) is 0 Å². The third-order valence-corrected chi connectivity index (χ3v) is 4.74. The van der Waals surface area contributed by atoms with Crippen LogP contribution in [0.5, 0.6) is 0 Å². The van der Waals surface area contributed by atoms with Gasteiger partial charge in [0.05, 0.1) is 0 Å². The Kier molecular flexibility index (Phi) is 6.52. The van der Waals surface area contributed by atoms with Crippen molar-refractivity contribution in [2.24, 2.45) is 16.8 Å². The molecule has 126 valence electrons. The molecule has 1 saturated heterocycles. The Hall–Kier alpha value is -1.26. The summed E-state index contributed by atoms with van der Waals surface area (Å²) in [5.74, 6) is 2.50. The highest BCUT2D eigenvalue weighted by Gasteiger charge is 2.24. The van der Waals surface area contributed by atoms with Crippen molar-refractivity contribution < 1.29 is 4.79 Å². The van der Waals surface area contributed by atoms with Gasteiger partial charge in [0.15, 0.2) is 5.96 Å². The van der Waals surface area contributed by atoms with Crippen molar-refractivity contribution in [2.75, 3.05) is 26.7 Å². The molecule has 1 saturated carbocycles. The molecule has 22 heavy (non-hydrogen) atoms. The van der Waals surface area contributed by atoms with Gasteiger partial charge in [-0.1, -0.05) is 26.7 Å². The molecule has 1 aliphatic carbocycles. The molecule has 2 N–H and O–H groups in total. The van der Waals surface area contributed by atoms with Crippen LogP contribution in [-0.2, 0) is 4.79 Å². The van der Waals surface area contributed by atoms with Gasteiger partial charge in [0.2, 0.25) is 5.91 Å². The number of likely N-dealkylation sites (tertiary alicyclic amines) is 1. The van der Waals surface area contributed by atoms with Gasteiger partial charge < -0.3 is 15.5 Å². The molecular formula is C17H32N4O. The maximum Gasteiger partial charge on any atom is 0.221 e. The molecule has 0 bridgehead atoms. The molecule has 1 heterocycles. The van der Waals surface area contributed by atoms with Crippen molar-refractivity contribution in [1.82, 2.24) is 15.5 Å². The second-order valence-corrected chi connectivity index (χ2v) is 7.12. The van der Waals surface area contributed by atoms with E-state index in [0.717, 1.165) is 31.9 Å². The highest BCUT2D eigenvalue weighted by molar-refractivity contribution is 5.81. The van der Waals surface area contributed by atoms with E-state index >= 15 is 0 Å². The Morgan fingerprint density at radius 1 is 1.18 bits per heavy atom. The molecule has 0 spiro atoms. The van der Waals surface area contributed by atoms with E-state index in [-0.39, 0.29) is 5.91 Å². The SMILES string of the molecule is CN=C(NCCC(=O)NC1CCCC1)N1CC(C)CC(C)C1. The van der Waals surface area contributed by atoms with Crippen LogP contribution < -0.4 is 10.6 Å². The lowest BCUT2D eigenvalue weighted by Gasteiger charge is -2.37. The second-order valence-electron chi connectivity index (χ2n) is 7.12. The number of guanidine groups is 1. The average Bonchev–Trinajstić information content (AvgIpc) is 2.95. The fraction of sp³-hybridized carbons (Fsp3) is 0.882. The number of nitrogens with zero attached hydrogens (tertiary/aromatic N) is 2. The van der Waals surface area contributed by atoms with Crippen molar-refractivity contribution in [3.63, 3.8) is 0 Å². The lowest BCUT2D eigenvalue weighted by atomic mass is 9.92. The van der Waals surface area contributed by atoms with Crippen LogP contribution in [-0.4, -0.2) is 49.5 Å². The first-order valence-electron chi connectivity index (χ1n) is 8.83. The van der Waals surface area contributed by atoms with Gasteiger partial charge in [-0.15, -0.1) is 0 Å². The highest BCUT2D eigenvalue weighted by atomic mass is 16.1. The zero-order chi connectivity index (χ0) is 15.9. The maximum atomic E-state index is 11.9. The van der Waals surface area contributed by atoms with Crippen LogP contribution in [0.4, 0.5) is 0 Å². The summed E-state index contributed by atoms with van der Waals surface area (Å²) in [6.07, 6.45) is 6.60. The number of carbonyl (C=O) groups excluding carboxylic acids is 1. The van der Waals surface area contributed by atoms with Crippen molar-refractivity contribution in [2.45, 2.75) is 58.4 Å². The molecule has 2 fully saturated rings. The first kappa shape index (κ1) is 17.1. The van der Waals surface area contributed by atoms with Gasteiger partial charge in [0.25, 0.3) is 0 Å². The quantitative estimate of drug-likeness (QED) is 0.617.